The Balaban J connectivity index is 1.90. The fourth-order valence-electron chi connectivity index (χ4n) is 2.19. The average Bonchev–Trinajstić information content (AvgIpc) is 2.48. The molecule has 0 unspecified atom stereocenters. The molecule has 2 rings (SSSR count). The van der Waals surface area contributed by atoms with Gasteiger partial charge in [0.05, 0.1) is 5.41 Å². The first-order valence-electron chi connectivity index (χ1n) is 6.63. The minimum Gasteiger partial charge on any atom is -0.481 e. The Kier molecular flexibility index (Phi) is 5.19. The number of hydrogen-bond donors (Lipinski definition) is 3. The largest absolute Gasteiger partial charge is 0.481 e. The van der Waals surface area contributed by atoms with Crippen LogP contribution in [0.15, 0.2) is 28.7 Å². The van der Waals surface area contributed by atoms with E-state index in [0.29, 0.717) is 31.7 Å². The van der Waals surface area contributed by atoms with Crippen LogP contribution >= 0.6 is 15.9 Å². The number of urea groups is 1. The van der Waals surface area contributed by atoms with Gasteiger partial charge in [0.1, 0.15) is 0 Å². The first-order chi connectivity index (χ1) is 10.0. The van der Waals surface area contributed by atoms with Gasteiger partial charge in [-0.3, -0.25) is 4.79 Å². The van der Waals surface area contributed by atoms with E-state index in [4.69, 9.17) is 4.74 Å². The van der Waals surface area contributed by atoms with Crippen molar-refractivity contribution >= 4 is 33.6 Å². The van der Waals surface area contributed by atoms with E-state index >= 15 is 0 Å². The van der Waals surface area contributed by atoms with E-state index in [0.717, 1.165) is 4.47 Å². The Labute approximate surface area is 131 Å². The van der Waals surface area contributed by atoms with Crippen molar-refractivity contribution in [3.8, 4) is 0 Å². The molecule has 1 aromatic rings. The highest BCUT2D eigenvalue weighted by molar-refractivity contribution is 9.10. The topological polar surface area (TPSA) is 87.7 Å². The number of carbonyl (C=O) groups is 2. The predicted molar refractivity (Wildman–Crippen MR) is 81.3 cm³/mol. The number of ether oxygens (including phenoxy) is 1. The van der Waals surface area contributed by atoms with Gasteiger partial charge < -0.3 is 20.5 Å². The molecule has 7 heteroatoms. The molecule has 1 aliphatic rings. The van der Waals surface area contributed by atoms with Crippen molar-refractivity contribution in [1.29, 1.82) is 0 Å². The summed E-state index contributed by atoms with van der Waals surface area (Å²) in [4.78, 5) is 23.3. The Morgan fingerprint density at radius 1 is 1.24 bits per heavy atom. The highest BCUT2D eigenvalue weighted by atomic mass is 79.9. The maximum atomic E-state index is 11.8. The van der Waals surface area contributed by atoms with Crippen LogP contribution < -0.4 is 10.6 Å². The minimum absolute atomic E-state index is 0.0913. The third-order valence-electron chi connectivity index (χ3n) is 3.59. The molecule has 1 aliphatic heterocycles. The number of hydrogen-bond acceptors (Lipinski definition) is 3. The fraction of sp³-hybridized carbons (Fsp3) is 0.429. The van der Waals surface area contributed by atoms with Gasteiger partial charge in [-0.1, -0.05) is 15.9 Å². The molecule has 2 amide bonds. The summed E-state index contributed by atoms with van der Waals surface area (Å²) in [6.45, 7) is 0.901. The number of anilines is 1. The van der Waals surface area contributed by atoms with E-state index in [1.54, 1.807) is 12.1 Å². The number of rotatable bonds is 4. The van der Waals surface area contributed by atoms with E-state index in [-0.39, 0.29) is 6.54 Å². The highest BCUT2D eigenvalue weighted by Gasteiger charge is 2.40. The van der Waals surface area contributed by atoms with Gasteiger partial charge in [-0.2, -0.15) is 0 Å². The normalized spacial score (nSPS) is 17.0. The van der Waals surface area contributed by atoms with E-state index in [2.05, 4.69) is 26.6 Å². The SMILES string of the molecule is O=C(NCC1(C(=O)O)CCOCC1)Nc1ccc(Br)cc1. The Hall–Kier alpha value is -1.60. The summed E-state index contributed by atoms with van der Waals surface area (Å²) in [5.41, 5.74) is -0.290. The monoisotopic (exact) mass is 356 g/mol. The van der Waals surface area contributed by atoms with Gasteiger partial charge in [-0.25, -0.2) is 4.79 Å². The molecule has 1 saturated heterocycles. The summed E-state index contributed by atoms with van der Waals surface area (Å²) >= 11 is 3.31. The average molecular weight is 357 g/mol. The van der Waals surface area contributed by atoms with Crippen LogP contribution in [0.2, 0.25) is 0 Å². The number of carboxylic acids is 1. The lowest BCUT2D eigenvalue weighted by molar-refractivity contribution is -0.154. The van der Waals surface area contributed by atoms with Crippen LogP contribution in [0.1, 0.15) is 12.8 Å². The second-order valence-corrected chi connectivity index (χ2v) is 5.93. The van der Waals surface area contributed by atoms with Crippen molar-refractivity contribution in [3.05, 3.63) is 28.7 Å². The van der Waals surface area contributed by atoms with Gasteiger partial charge in [0.25, 0.3) is 0 Å². The summed E-state index contributed by atoms with van der Waals surface area (Å²) in [7, 11) is 0. The molecule has 0 radical (unpaired) electrons. The summed E-state index contributed by atoms with van der Waals surface area (Å²) in [6, 6.07) is 6.72. The number of nitrogens with one attached hydrogen (secondary N) is 2. The summed E-state index contributed by atoms with van der Waals surface area (Å²) < 4.78 is 6.11. The molecule has 0 aromatic heterocycles. The third kappa shape index (κ3) is 4.18. The zero-order valence-electron chi connectivity index (χ0n) is 11.4. The van der Waals surface area contributed by atoms with Crippen molar-refractivity contribution in [2.75, 3.05) is 25.1 Å². The minimum atomic E-state index is -0.935. The lowest BCUT2D eigenvalue weighted by Gasteiger charge is -2.33. The number of amides is 2. The van der Waals surface area contributed by atoms with Crippen LogP contribution in [0.3, 0.4) is 0 Å². The molecule has 0 bridgehead atoms. The number of halogens is 1. The summed E-state index contributed by atoms with van der Waals surface area (Å²) in [6.07, 6.45) is 0.807. The molecule has 0 spiro atoms. The molecule has 1 heterocycles. The van der Waals surface area contributed by atoms with Crippen LogP contribution in [-0.4, -0.2) is 36.9 Å². The molecular formula is C14H17BrN2O4. The molecule has 114 valence electrons. The van der Waals surface area contributed by atoms with Crippen molar-refractivity contribution in [2.24, 2.45) is 5.41 Å². The zero-order chi connectivity index (χ0) is 15.3. The van der Waals surface area contributed by atoms with Gasteiger partial charge in [0, 0.05) is 29.9 Å². The molecule has 1 fully saturated rings. The number of carbonyl (C=O) groups excluding carboxylic acids is 1. The van der Waals surface area contributed by atoms with Gasteiger partial charge in [0.2, 0.25) is 0 Å². The van der Waals surface area contributed by atoms with E-state index in [1.165, 1.54) is 0 Å². The van der Waals surface area contributed by atoms with Crippen LogP contribution in [0.25, 0.3) is 0 Å². The molecule has 3 N–H and O–H groups in total. The maximum absolute atomic E-state index is 11.8. The van der Waals surface area contributed by atoms with Crippen molar-refractivity contribution in [3.63, 3.8) is 0 Å². The summed E-state index contributed by atoms with van der Waals surface area (Å²) in [5, 5.41) is 14.7. The Morgan fingerprint density at radius 2 is 1.86 bits per heavy atom. The molecule has 6 nitrogen and oxygen atoms in total. The van der Waals surface area contributed by atoms with Gasteiger partial charge in [-0.15, -0.1) is 0 Å². The highest BCUT2D eigenvalue weighted by Crippen LogP contribution is 2.30. The van der Waals surface area contributed by atoms with Crippen molar-refractivity contribution in [2.45, 2.75) is 12.8 Å². The number of carboxylic acid groups (broad SMARTS) is 1. The van der Waals surface area contributed by atoms with Crippen molar-refractivity contribution < 1.29 is 19.4 Å². The van der Waals surface area contributed by atoms with Gasteiger partial charge >= 0.3 is 12.0 Å². The fourth-order valence-corrected chi connectivity index (χ4v) is 2.45. The molecular weight excluding hydrogens is 340 g/mol. The smallest absolute Gasteiger partial charge is 0.319 e. The number of benzene rings is 1. The standard InChI is InChI=1S/C14H17BrN2O4/c15-10-1-3-11(4-2-10)17-13(20)16-9-14(12(18)19)5-7-21-8-6-14/h1-4H,5-9H2,(H,18,19)(H2,16,17,20). The zero-order valence-corrected chi connectivity index (χ0v) is 13.0. The molecule has 0 atom stereocenters. The van der Waals surface area contributed by atoms with Crippen LogP contribution in [0, 0.1) is 5.41 Å². The molecule has 0 saturated carbocycles. The summed E-state index contributed by atoms with van der Waals surface area (Å²) in [5.74, 6) is -0.894. The maximum Gasteiger partial charge on any atom is 0.319 e. The number of aliphatic carboxylic acids is 1. The van der Waals surface area contributed by atoms with Gasteiger partial charge in [0.15, 0.2) is 0 Å². The van der Waals surface area contributed by atoms with E-state index in [1.807, 2.05) is 12.1 Å². The first kappa shape index (κ1) is 15.8. The molecule has 0 aliphatic carbocycles. The Bertz CT molecular complexity index is 512. The third-order valence-corrected chi connectivity index (χ3v) is 4.12. The lowest BCUT2D eigenvalue weighted by atomic mass is 9.80. The first-order valence-corrected chi connectivity index (χ1v) is 7.43. The second-order valence-electron chi connectivity index (χ2n) is 5.01. The Morgan fingerprint density at radius 3 is 2.43 bits per heavy atom. The van der Waals surface area contributed by atoms with Crippen LogP contribution in [0.4, 0.5) is 10.5 Å². The molecule has 1 aromatic carbocycles. The van der Waals surface area contributed by atoms with Crippen LogP contribution in [0.5, 0.6) is 0 Å². The van der Waals surface area contributed by atoms with E-state index in [9.17, 15) is 14.7 Å². The van der Waals surface area contributed by atoms with Gasteiger partial charge in [-0.05, 0) is 37.1 Å². The second kappa shape index (κ2) is 6.91. The van der Waals surface area contributed by atoms with Crippen LogP contribution in [-0.2, 0) is 9.53 Å². The van der Waals surface area contributed by atoms with E-state index < -0.39 is 17.4 Å². The van der Waals surface area contributed by atoms with Crippen molar-refractivity contribution in [1.82, 2.24) is 5.32 Å². The lowest BCUT2D eigenvalue weighted by Crippen LogP contribution is -2.47. The quantitative estimate of drug-likeness (QED) is 0.773. The predicted octanol–water partition coefficient (Wildman–Crippen LogP) is 2.45. The molecule has 21 heavy (non-hydrogen) atoms.